The number of rotatable bonds is 1. The first-order valence-corrected chi connectivity index (χ1v) is 6.17. The molecule has 0 aliphatic rings. The average Bonchev–Trinajstić information content (AvgIpc) is 2.44. The highest BCUT2D eigenvalue weighted by Gasteiger charge is 2.13. The van der Waals surface area contributed by atoms with Crippen LogP contribution in [0.1, 0.15) is 0 Å². The molecule has 0 bridgehead atoms. The molecular weight excluding hydrogens is 236 g/mol. The molecule has 2 heterocycles. The van der Waals surface area contributed by atoms with Crippen molar-refractivity contribution in [2.45, 2.75) is 0 Å². The summed E-state index contributed by atoms with van der Waals surface area (Å²) in [6.45, 7) is 0. The molecule has 4 rings (SSSR count). The quantitative estimate of drug-likeness (QED) is 0.486. The van der Waals surface area contributed by atoms with Gasteiger partial charge in [0.25, 0.3) is 0 Å². The second-order valence-electron chi connectivity index (χ2n) is 4.91. The Morgan fingerprint density at radius 1 is 0.842 bits per heavy atom. The van der Waals surface area contributed by atoms with E-state index in [0.717, 1.165) is 33.0 Å². The Labute approximate surface area is 110 Å². The van der Waals surface area contributed by atoms with E-state index >= 15 is 0 Å². The molecule has 0 saturated heterocycles. The van der Waals surface area contributed by atoms with E-state index in [1.165, 1.54) is 5.39 Å². The summed E-state index contributed by atoms with van der Waals surface area (Å²) < 4.78 is 0. The van der Waals surface area contributed by atoms with Crippen molar-refractivity contribution >= 4 is 38.4 Å². The van der Waals surface area contributed by atoms with Gasteiger partial charge in [-0.1, -0.05) is 6.07 Å². The van der Waals surface area contributed by atoms with E-state index in [-0.39, 0.29) is 0 Å². The Kier molecular flexibility index (Phi) is 1.93. The molecule has 0 aliphatic carbocycles. The minimum Gasteiger partial charge on any atom is -0.362 e. The zero-order valence-corrected chi connectivity index (χ0v) is 10.8. The zero-order valence-electron chi connectivity index (χ0n) is 10.8. The van der Waals surface area contributed by atoms with Gasteiger partial charge in [-0.05, 0) is 18.2 Å². The zero-order chi connectivity index (χ0) is 13.0. The third kappa shape index (κ3) is 1.31. The molecular formula is C15H12N4. The summed E-state index contributed by atoms with van der Waals surface area (Å²) in [6.07, 6.45) is 3.54. The second kappa shape index (κ2) is 3.51. The Bertz CT molecular complexity index is 883. The van der Waals surface area contributed by atoms with Crippen molar-refractivity contribution in [1.29, 1.82) is 0 Å². The molecule has 4 nitrogen and oxygen atoms in total. The van der Waals surface area contributed by atoms with E-state index in [1.54, 1.807) is 6.33 Å². The summed E-state index contributed by atoms with van der Waals surface area (Å²) >= 11 is 0. The summed E-state index contributed by atoms with van der Waals surface area (Å²) in [6, 6.07) is 8.24. The van der Waals surface area contributed by atoms with E-state index in [2.05, 4.69) is 27.1 Å². The number of nitrogens with zero attached hydrogens (tertiary/aromatic N) is 4. The van der Waals surface area contributed by atoms with E-state index < -0.39 is 0 Å². The maximum Gasteiger partial charge on any atom is 0.135 e. The van der Waals surface area contributed by atoms with Gasteiger partial charge in [0.2, 0.25) is 0 Å². The molecule has 0 fully saturated rings. The first-order valence-electron chi connectivity index (χ1n) is 6.17. The van der Waals surface area contributed by atoms with Crippen LogP contribution in [0.2, 0.25) is 0 Å². The Balaban J connectivity index is 2.35. The van der Waals surface area contributed by atoms with E-state index in [9.17, 15) is 0 Å². The van der Waals surface area contributed by atoms with Crippen LogP contribution in [-0.2, 0) is 0 Å². The lowest BCUT2D eigenvalue weighted by molar-refractivity contribution is 1.09. The molecule has 0 spiro atoms. The topological polar surface area (TPSA) is 41.9 Å². The van der Waals surface area contributed by atoms with Gasteiger partial charge in [0, 0.05) is 41.8 Å². The van der Waals surface area contributed by atoms with E-state index in [4.69, 9.17) is 0 Å². The molecule has 19 heavy (non-hydrogen) atoms. The number of benzene rings is 2. The molecule has 0 aliphatic heterocycles. The lowest BCUT2D eigenvalue weighted by Gasteiger charge is -2.16. The third-order valence-electron chi connectivity index (χ3n) is 3.53. The van der Waals surface area contributed by atoms with Gasteiger partial charge >= 0.3 is 0 Å². The highest BCUT2D eigenvalue weighted by Crippen LogP contribution is 2.35. The first kappa shape index (κ1) is 10.4. The number of pyridine rings is 1. The maximum absolute atomic E-state index is 4.55. The van der Waals surface area contributed by atoms with Crippen molar-refractivity contribution < 1.29 is 0 Å². The lowest BCUT2D eigenvalue weighted by Crippen LogP contribution is -2.11. The summed E-state index contributed by atoms with van der Waals surface area (Å²) in [5.74, 6) is 0.978. The van der Waals surface area contributed by atoms with Crippen molar-refractivity contribution in [2.24, 2.45) is 0 Å². The van der Waals surface area contributed by atoms with Crippen LogP contribution in [0.4, 0.5) is 5.82 Å². The molecule has 92 valence electrons. The maximum atomic E-state index is 4.55. The molecule has 0 N–H and O–H groups in total. The largest absolute Gasteiger partial charge is 0.362 e. The van der Waals surface area contributed by atoms with E-state index in [0.29, 0.717) is 0 Å². The van der Waals surface area contributed by atoms with Gasteiger partial charge < -0.3 is 4.90 Å². The predicted molar refractivity (Wildman–Crippen MR) is 77.9 cm³/mol. The van der Waals surface area contributed by atoms with Gasteiger partial charge in [0.05, 0.1) is 11.0 Å². The standard InChI is InChI=1S/C15H12N4/c1-19(2)15-10-4-6-12-14-11(17-8-18-12)5-3-9(7-16-15)13(10)14/h3-8H,1-2H3. The minimum atomic E-state index is 0.978. The number of hydrogen-bond acceptors (Lipinski definition) is 4. The normalized spacial score (nSPS) is 11.7. The van der Waals surface area contributed by atoms with Gasteiger partial charge in [0.15, 0.2) is 0 Å². The summed E-state index contributed by atoms with van der Waals surface area (Å²) in [5, 5.41) is 4.61. The van der Waals surface area contributed by atoms with Crippen LogP contribution in [0.25, 0.3) is 32.6 Å². The molecule has 0 amide bonds. The van der Waals surface area contributed by atoms with Crippen molar-refractivity contribution in [3.05, 3.63) is 36.8 Å². The van der Waals surface area contributed by atoms with Crippen LogP contribution >= 0.6 is 0 Å². The van der Waals surface area contributed by atoms with Crippen molar-refractivity contribution in [2.75, 3.05) is 19.0 Å². The summed E-state index contributed by atoms with van der Waals surface area (Å²) in [7, 11) is 4.02. The first-order chi connectivity index (χ1) is 9.25. The highest BCUT2D eigenvalue weighted by atomic mass is 15.1. The fraction of sp³-hybridized carbons (Fsp3) is 0.133. The molecule has 2 aromatic heterocycles. The molecule has 0 radical (unpaired) electrons. The average molecular weight is 248 g/mol. The van der Waals surface area contributed by atoms with Crippen molar-refractivity contribution in [3.8, 4) is 0 Å². The van der Waals surface area contributed by atoms with Crippen LogP contribution < -0.4 is 4.90 Å². The smallest absolute Gasteiger partial charge is 0.135 e. The third-order valence-corrected chi connectivity index (χ3v) is 3.53. The molecule has 0 saturated carbocycles. The highest BCUT2D eigenvalue weighted by molar-refractivity contribution is 6.23. The summed E-state index contributed by atoms with van der Waals surface area (Å²) in [5.41, 5.74) is 1.97. The Morgan fingerprint density at radius 2 is 1.58 bits per heavy atom. The number of anilines is 1. The van der Waals surface area contributed by atoms with Crippen LogP contribution in [0.3, 0.4) is 0 Å². The lowest BCUT2D eigenvalue weighted by atomic mass is 10.0. The molecule has 4 heteroatoms. The summed E-state index contributed by atoms with van der Waals surface area (Å²) in [4.78, 5) is 15.3. The monoisotopic (exact) mass is 248 g/mol. The predicted octanol–water partition coefficient (Wildman–Crippen LogP) is 2.84. The van der Waals surface area contributed by atoms with Gasteiger partial charge in [0.1, 0.15) is 12.1 Å². The van der Waals surface area contributed by atoms with Crippen molar-refractivity contribution in [3.63, 3.8) is 0 Å². The minimum absolute atomic E-state index is 0.978. The van der Waals surface area contributed by atoms with Gasteiger partial charge in [-0.2, -0.15) is 0 Å². The van der Waals surface area contributed by atoms with Gasteiger partial charge in [-0.15, -0.1) is 0 Å². The molecule has 2 aromatic carbocycles. The molecule has 0 atom stereocenters. The SMILES string of the molecule is CN(C)c1ncc2ccc3ncnc4ccc1c2c34. The van der Waals surface area contributed by atoms with E-state index in [1.807, 2.05) is 37.3 Å². The second-order valence-corrected chi connectivity index (χ2v) is 4.91. The molecule has 4 aromatic rings. The van der Waals surface area contributed by atoms with Crippen LogP contribution in [0.15, 0.2) is 36.8 Å². The van der Waals surface area contributed by atoms with Crippen molar-refractivity contribution in [1.82, 2.24) is 15.0 Å². The van der Waals surface area contributed by atoms with Gasteiger partial charge in [-0.25, -0.2) is 15.0 Å². The number of hydrogen-bond donors (Lipinski definition) is 0. The van der Waals surface area contributed by atoms with Gasteiger partial charge in [-0.3, -0.25) is 0 Å². The Morgan fingerprint density at radius 3 is 2.32 bits per heavy atom. The fourth-order valence-electron chi connectivity index (χ4n) is 2.71. The van der Waals surface area contributed by atoms with Crippen LogP contribution in [0, 0.1) is 0 Å². The molecule has 0 unspecified atom stereocenters. The van der Waals surface area contributed by atoms with Crippen LogP contribution in [0.5, 0.6) is 0 Å². The Hall–Kier alpha value is -2.49. The fourth-order valence-corrected chi connectivity index (χ4v) is 2.71. The number of aromatic nitrogens is 3. The van der Waals surface area contributed by atoms with Crippen LogP contribution in [-0.4, -0.2) is 29.0 Å².